The van der Waals surface area contributed by atoms with E-state index in [0.29, 0.717) is 17.2 Å². The Labute approximate surface area is 132 Å². The van der Waals surface area contributed by atoms with Crippen LogP contribution in [-0.4, -0.2) is 32.3 Å². The maximum Gasteiger partial charge on any atom is 0.338 e. The fourth-order valence-corrected chi connectivity index (χ4v) is 2.48. The van der Waals surface area contributed by atoms with Crippen LogP contribution >= 0.6 is 0 Å². The first-order valence-electron chi connectivity index (χ1n) is 7.20. The van der Waals surface area contributed by atoms with Crippen LogP contribution in [0.4, 0.5) is 10.3 Å². The molecule has 1 N–H and O–H groups in total. The quantitative estimate of drug-likeness (QED) is 0.874. The number of benzene rings is 1. The number of allylic oxidation sites excluding steroid dienone is 1. The number of halogens is 1. The van der Waals surface area contributed by atoms with Crippen LogP contribution in [0.15, 0.2) is 29.8 Å². The van der Waals surface area contributed by atoms with Gasteiger partial charge in [0.05, 0.1) is 23.4 Å². The van der Waals surface area contributed by atoms with Crippen LogP contribution in [0.2, 0.25) is 0 Å². The molecule has 2 aromatic rings. The lowest BCUT2D eigenvalue weighted by Gasteiger charge is -2.28. The van der Waals surface area contributed by atoms with E-state index in [1.807, 2.05) is 0 Å². The molecule has 1 aliphatic heterocycles. The monoisotopic (exact) mass is 317 g/mol. The molecule has 120 valence electrons. The van der Waals surface area contributed by atoms with E-state index in [9.17, 15) is 9.18 Å². The Kier molecular flexibility index (Phi) is 3.81. The lowest BCUT2D eigenvalue weighted by molar-refractivity contribution is -0.142. The van der Waals surface area contributed by atoms with E-state index in [0.717, 1.165) is 5.56 Å². The number of rotatable bonds is 3. The second-order valence-electron chi connectivity index (χ2n) is 5.50. The van der Waals surface area contributed by atoms with Gasteiger partial charge in [-0.3, -0.25) is 0 Å². The van der Waals surface area contributed by atoms with E-state index in [1.54, 1.807) is 32.9 Å². The Balaban J connectivity index is 2.08. The van der Waals surface area contributed by atoms with Crippen molar-refractivity contribution in [2.75, 3.05) is 5.32 Å². The lowest BCUT2D eigenvalue weighted by Crippen LogP contribution is -2.29. The van der Waals surface area contributed by atoms with Gasteiger partial charge in [-0.05, 0) is 48.9 Å². The number of nitrogens with one attached hydrogen (secondary N) is 1. The molecule has 3 rings (SSSR count). The number of aromatic nitrogens is 4. The molecule has 0 amide bonds. The number of hydrogen-bond donors (Lipinski definition) is 1. The van der Waals surface area contributed by atoms with Crippen molar-refractivity contribution < 1.29 is 13.9 Å². The molecule has 0 aliphatic carbocycles. The van der Waals surface area contributed by atoms with Crippen molar-refractivity contribution in [1.82, 2.24) is 20.2 Å². The minimum atomic E-state index is -0.514. The van der Waals surface area contributed by atoms with Crippen LogP contribution in [-0.2, 0) is 9.53 Å². The predicted octanol–water partition coefficient (Wildman–Crippen LogP) is 2.16. The first kappa shape index (κ1) is 15.1. The number of hydrogen-bond acceptors (Lipinski definition) is 6. The summed E-state index contributed by atoms with van der Waals surface area (Å²) in [5.41, 5.74) is 1.68. The number of esters is 1. The van der Waals surface area contributed by atoms with Gasteiger partial charge in [-0.1, -0.05) is 17.2 Å². The first-order chi connectivity index (χ1) is 11.0. The average Bonchev–Trinajstić information content (AvgIpc) is 2.95. The van der Waals surface area contributed by atoms with Crippen molar-refractivity contribution in [2.24, 2.45) is 0 Å². The number of fused-ring (bicyclic) bond motifs is 1. The zero-order valence-electron chi connectivity index (χ0n) is 12.9. The van der Waals surface area contributed by atoms with Crippen molar-refractivity contribution >= 4 is 17.6 Å². The molecule has 0 bridgehead atoms. The van der Waals surface area contributed by atoms with Gasteiger partial charge in [0.1, 0.15) is 5.82 Å². The topological polar surface area (TPSA) is 81.9 Å². The molecule has 0 radical (unpaired) electrons. The van der Waals surface area contributed by atoms with E-state index >= 15 is 0 Å². The molecule has 23 heavy (non-hydrogen) atoms. The minimum absolute atomic E-state index is 0.257. The summed E-state index contributed by atoms with van der Waals surface area (Å²) in [6.45, 7) is 5.30. The number of anilines is 1. The second kappa shape index (κ2) is 5.79. The van der Waals surface area contributed by atoms with Gasteiger partial charge < -0.3 is 10.1 Å². The molecule has 0 fully saturated rings. The number of tetrazole rings is 1. The largest absolute Gasteiger partial charge is 0.459 e. The SMILES string of the molecule is CC1=C(C(=O)OC(C)C)C(c2ccc(F)cc2)Nc2nnnn21. The third-order valence-electron chi connectivity index (χ3n) is 3.51. The Bertz CT molecular complexity index is 766. The Morgan fingerprint density at radius 3 is 2.70 bits per heavy atom. The van der Waals surface area contributed by atoms with E-state index in [2.05, 4.69) is 20.8 Å². The third kappa shape index (κ3) is 2.79. The van der Waals surface area contributed by atoms with E-state index < -0.39 is 12.0 Å². The summed E-state index contributed by atoms with van der Waals surface area (Å²) >= 11 is 0. The van der Waals surface area contributed by atoms with Gasteiger partial charge in [0.2, 0.25) is 5.95 Å². The van der Waals surface area contributed by atoms with Crippen molar-refractivity contribution in [3.8, 4) is 0 Å². The number of carbonyl (C=O) groups excluding carboxylic acids is 1. The molecular formula is C15H16FN5O2. The Morgan fingerprint density at radius 1 is 1.35 bits per heavy atom. The fourth-order valence-electron chi connectivity index (χ4n) is 2.48. The van der Waals surface area contributed by atoms with Crippen LogP contribution < -0.4 is 5.32 Å². The molecule has 7 nitrogen and oxygen atoms in total. The summed E-state index contributed by atoms with van der Waals surface area (Å²) in [5, 5.41) is 14.4. The zero-order valence-corrected chi connectivity index (χ0v) is 12.9. The van der Waals surface area contributed by atoms with Gasteiger partial charge in [0, 0.05) is 0 Å². The Morgan fingerprint density at radius 2 is 2.04 bits per heavy atom. The van der Waals surface area contributed by atoms with Crippen LogP contribution in [0.25, 0.3) is 5.70 Å². The molecule has 0 spiro atoms. The highest BCUT2D eigenvalue weighted by molar-refractivity contribution is 5.97. The van der Waals surface area contributed by atoms with Crippen molar-refractivity contribution in [3.05, 3.63) is 41.2 Å². The molecule has 1 unspecified atom stereocenters. The third-order valence-corrected chi connectivity index (χ3v) is 3.51. The van der Waals surface area contributed by atoms with Gasteiger partial charge in [0.25, 0.3) is 0 Å². The van der Waals surface area contributed by atoms with E-state index in [4.69, 9.17) is 4.74 Å². The van der Waals surface area contributed by atoms with Gasteiger partial charge in [-0.2, -0.15) is 4.68 Å². The fraction of sp³-hybridized carbons (Fsp3) is 0.333. The van der Waals surface area contributed by atoms with Crippen molar-refractivity contribution in [2.45, 2.75) is 32.9 Å². The molecule has 0 saturated carbocycles. The van der Waals surface area contributed by atoms with Crippen molar-refractivity contribution in [3.63, 3.8) is 0 Å². The summed E-state index contributed by atoms with van der Waals surface area (Å²) in [6, 6.07) is 5.40. The first-order valence-corrected chi connectivity index (χ1v) is 7.20. The Hall–Kier alpha value is -2.77. The highest BCUT2D eigenvalue weighted by atomic mass is 19.1. The molecule has 8 heteroatoms. The second-order valence-corrected chi connectivity index (χ2v) is 5.50. The van der Waals surface area contributed by atoms with Crippen LogP contribution in [0.1, 0.15) is 32.4 Å². The number of carbonyl (C=O) groups is 1. The van der Waals surface area contributed by atoms with Crippen LogP contribution in [0, 0.1) is 5.82 Å². The zero-order chi connectivity index (χ0) is 16.6. The highest BCUT2D eigenvalue weighted by Crippen LogP contribution is 2.35. The summed E-state index contributed by atoms with van der Waals surface area (Å²) in [6.07, 6.45) is -0.257. The minimum Gasteiger partial charge on any atom is -0.459 e. The number of ether oxygens (including phenoxy) is 1. The van der Waals surface area contributed by atoms with Crippen LogP contribution in [0.3, 0.4) is 0 Å². The van der Waals surface area contributed by atoms with E-state index in [-0.39, 0.29) is 11.9 Å². The summed E-state index contributed by atoms with van der Waals surface area (Å²) in [7, 11) is 0. The molecule has 0 saturated heterocycles. The lowest BCUT2D eigenvalue weighted by atomic mass is 9.96. The standard InChI is InChI=1S/C15H16FN5O2/c1-8(2)23-14(22)12-9(3)21-15(18-19-20-21)17-13(12)10-4-6-11(16)7-5-10/h4-8,13H,1-3H3,(H,17,18,20). The smallest absolute Gasteiger partial charge is 0.338 e. The van der Waals surface area contributed by atoms with Crippen molar-refractivity contribution in [1.29, 1.82) is 0 Å². The average molecular weight is 317 g/mol. The molecule has 1 aromatic heterocycles. The molecule has 2 heterocycles. The van der Waals surface area contributed by atoms with Gasteiger partial charge in [-0.15, -0.1) is 0 Å². The van der Waals surface area contributed by atoms with Crippen LogP contribution in [0.5, 0.6) is 0 Å². The van der Waals surface area contributed by atoms with Gasteiger partial charge >= 0.3 is 5.97 Å². The molecule has 1 atom stereocenters. The highest BCUT2D eigenvalue weighted by Gasteiger charge is 2.33. The predicted molar refractivity (Wildman–Crippen MR) is 80.7 cm³/mol. The molecule has 1 aliphatic rings. The van der Waals surface area contributed by atoms with Gasteiger partial charge in [-0.25, -0.2) is 9.18 Å². The molecular weight excluding hydrogens is 301 g/mol. The number of nitrogens with zero attached hydrogens (tertiary/aromatic N) is 4. The summed E-state index contributed by atoms with van der Waals surface area (Å²) in [4.78, 5) is 12.5. The summed E-state index contributed by atoms with van der Waals surface area (Å²) in [5.74, 6) is -0.389. The maximum atomic E-state index is 13.2. The normalized spacial score (nSPS) is 17.0. The maximum absolute atomic E-state index is 13.2. The molecule has 1 aromatic carbocycles. The summed E-state index contributed by atoms with van der Waals surface area (Å²) < 4.78 is 20.0. The van der Waals surface area contributed by atoms with E-state index in [1.165, 1.54) is 16.8 Å². The van der Waals surface area contributed by atoms with Gasteiger partial charge in [0.15, 0.2) is 0 Å².